The standard InChI is InChI=1S/C24H22N4O4S/c29-22(26-17-7-5-15(6-8-17)19-9-12-25-32-19)16-10-13-28(14-11-16)24(31)21-23(30)27-18-3-1-2-4-20(18)33-21/h1-9,12,16,21H,10-11,13-14H2,(H,26,29)(H,27,30)/t21-/m1/s1. The highest BCUT2D eigenvalue weighted by atomic mass is 32.2. The lowest BCUT2D eigenvalue weighted by atomic mass is 9.95. The number of thioether (sulfide) groups is 1. The Morgan fingerprint density at radius 3 is 2.55 bits per heavy atom. The van der Waals surface area contributed by atoms with Gasteiger partial charge in [-0.05, 0) is 49.2 Å². The van der Waals surface area contributed by atoms with Gasteiger partial charge in [0.1, 0.15) is 0 Å². The maximum Gasteiger partial charge on any atom is 0.247 e. The summed E-state index contributed by atoms with van der Waals surface area (Å²) in [6.45, 7) is 0.903. The molecule has 33 heavy (non-hydrogen) atoms. The van der Waals surface area contributed by atoms with E-state index in [4.69, 9.17) is 4.52 Å². The summed E-state index contributed by atoms with van der Waals surface area (Å²) in [5, 5.41) is 8.67. The van der Waals surface area contributed by atoms with E-state index in [-0.39, 0.29) is 23.6 Å². The Bertz CT molecular complexity index is 1170. The van der Waals surface area contributed by atoms with E-state index in [9.17, 15) is 14.4 Å². The highest BCUT2D eigenvalue weighted by molar-refractivity contribution is 8.01. The maximum atomic E-state index is 13.0. The van der Waals surface area contributed by atoms with Gasteiger partial charge in [0.15, 0.2) is 11.0 Å². The third kappa shape index (κ3) is 4.49. The van der Waals surface area contributed by atoms with Crippen molar-refractivity contribution in [2.45, 2.75) is 23.0 Å². The third-order valence-corrected chi connectivity index (χ3v) is 7.17. The third-order valence-electron chi connectivity index (χ3n) is 5.90. The molecular formula is C24H22N4O4S. The summed E-state index contributed by atoms with van der Waals surface area (Å²) in [5.41, 5.74) is 2.32. The van der Waals surface area contributed by atoms with Gasteiger partial charge >= 0.3 is 0 Å². The number of benzene rings is 2. The first-order valence-corrected chi connectivity index (χ1v) is 11.6. The smallest absolute Gasteiger partial charge is 0.247 e. The molecule has 0 radical (unpaired) electrons. The molecule has 2 aliphatic rings. The van der Waals surface area contributed by atoms with Gasteiger partial charge in [0.2, 0.25) is 17.7 Å². The second kappa shape index (κ2) is 9.11. The zero-order valence-corrected chi connectivity index (χ0v) is 18.5. The molecule has 168 valence electrons. The van der Waals surface area contributed by atoms with Crippen LogP contribution in [0, 0.1) is 5.92 Å². The van der Waals surface area contributed by atoms with Crippen LogP contribution in [0.15, 0.2) is 70.2 Å². The van der Waals surface area contributed by atoms with E-state index in [0.29, 0.717) is 37.4 Å². The van der Waals surface area contributed by atoms with Crippen LogP contribution in [0.4, 0.5) is 11.4 Å². The minimum Gasteiger partial charge on any atom is -0.356 e. The molecule has 3 heterocycles. The monoisotopic (exact) mass is 462 g/mol. The van der Waals surface area contributed by atoms with Gasteiger partial charge < -0.3 is 20.1 Å². The summed E-state index contributed by atoms with van der Waals surface area (Å²) in [4.78, 5) is 40.8. The van der Waals surface area contributed by atoms with E-state index in [0.717, 1.165) is 16.1 Å². The predicted octanol–water partition coefficient (Wildman–Crippen LogP) is 3.63. The number of carbonyl (C=O) groups excluding carboxylic acids is 3. The predicted molar refractivity (Wildman–Crippen MR) is 125 cm³/mol. The molecule has 2 aliphatic heterocycles. The van der Waals surface area contributed by atoms with E-state index in [2.05, 4.69) is 15.8 Å². The van der Waals surface area contributed by atoms with Gasteiger partial charge in [-0.15, -0.1) is 11.8 Å². The Balaban J connectivity index is 1.15. The Labute approximate surface area is 194 Å². The number of piperidine rings is 1. The van der Waals surface area contributed by atoms with Gasteiger partial charge in [-0.1, -0.05) is 17.3 Å². The normalized spacial score (nSPS) is 18.4. The minimum atomic E-state index is -0.798. The van der Waals surface area contributed by atoms with Crippen molar-refractivity contribution < 1.29 is 18.9 Å². The van der Waals surface area contributed by atoms with Crippen molar-refractivity contribution in [3.63, 3.8) is 0 Å². The van der Waals surface area contributed by atoms with Crippen molar-refractivity contribution in [3.05, 3.63) is 60.8 Å². The number of hydrogen-bond acceptors (Lipinski definition) is 6. The molecule has 9 heteroatoms. The summed E-state index contributed by atoms with van der Waals surface area (Å²) in [5.74, 6) is -0.0748. The number of amides is 3. The summed E-state index contributed by atoms with van der Waals surface area (Å²) >= 11 is 1.28. The van der Waals surface area contributed by atoms with Crippen LogP contribution in [0.2, 0.25) is 0 Å². The van der Waals surface area contributed by atoms with Crippen LogP contribution in [-0.4, -0.2) is 46.1 Å². The quantitative estimate of drug-likeness (QED) is 0.574. The molecule has 0 unspecified atom stereocenters. The summed E-state index contributed by atoms with van der Waals surface area (Å²) in [6.07, 6.45) is 2.70. The van der Waals surface area contributed by atoms with Crippen LogP contribution < -0.4 is 10.6 Å². The van der Waals surface area contributed by atoms with Crippen LogP contribution in [0.5, 0.6) is 0 Å². The largest absolute Gasteiger partial charge is 0.356 e. The van der Waals surface area contributed by atoms with Crippen LogP contribution >= 0.6 is 11.8 Å². The molecule has 0 spiro atoms. The van der Waals surface area contributed by atoms with Crippen molar-refractivity contribution in [2.75, 3.05) is 23.7 Å². The molecule has 2 N–H and O–H groups in total. The Hall–Kier alpha value is -3.59. The lowest BCUT2D eigenvalue weighted by molar-refractivity contribution is -0.136. The second-order valence-electron chi connectivity index (χ2n) is 8.03. The van der Waals surface area contributed by atoms with Crippen molar-refractivity contribution in [3.8, 4) is 11.3 Å². The number of nitrogens with one attached hydrogen (secondary N) is 2. The van der Waals surface area contributed by atoms with Gasteiger partial charge in [0.25, 0.3) is 0 Å². The molecule has 3 amide bonds. The first-order valence-electron chi connectivity index (χ1n) is 10.8. The van der Waals surface area contributed by atoms with Crippen LogP contribution in [0.25, 0.3) is 11.3 Å². The molecule has 0 aliphatic carbocycles. The molecule has 1 aromatic heterocycles. The maximum absolute atomic E-state index is 13.0. The lowest BCUT2D eigenvalue weighted by Gasteiger charge is -2.34. The van der Waals surface area contributed by atoms with Crippen LogP contribution in [-0.2, 0) is 14.4 Å². The molecule has 8 nitrogen and oxygen atoms in total. The van der Waals surface area contributed by atoms with Crippen LogP contribution in [0.3, 0.4) is 0 Å². The average molecular weight is 463 g/mol. The fourth-order valence-electron chi connectivity index (χ4n) is 4.07. The van der Waals surface area contributed by atoms with Gasteiger partial charge in [0, 0.05) is 41.2 Å². The summed E-state index contributed by atoms with van der Waals surface area (Å²) in [6, 6.07) is 16.6. The molecule has 0 bridgehead atoms. The average Bonchev–Trinajstić information content (AvgIpc) is 3.39. The minimum absolute atomic E-state index is 0.0618. The Morgan fingerprint density at radius 1 is 1.06 bits per heavy atom. The number of fused-ring (bicyclic) bond motifs is 1. The topological polar surface area (TPSA) is 105 Å². The summed E-state index contributed by atoms with van der Waals surface area (Å²) in [7, 11) is 0. The molecule has 3 aromatic rings. The van der Waals surface area contributed by atoms with Gasteiger partial charge in [-0.3, -0.25) is 14.4 Å². The summed E-state index contributed by atoms with van der Waals surface area (Å²) < 4.78 is 5.14. The fraction of sp³-hybridized carbons (Fsp3) is 0.250. The van der Waals surface area contributed by atoms with Gasteiger partial charge in [-0.2, -0.15) is 0 Å². The number of hydrogen-bond donors (Lipinski definition) is 2. The second-order valence-corrected chi connectivity index (χ2v) is 9.17. The number of likely N-dealkylation sites (tertiary alicyclic amines) is 1. The van der Waals surface area contributed by atoms with Gasteiger partial charge in [-0.25, -0.2) is 0 Å². The van der Waals surface area contributed by atoms with Crippen molar-refractivity contribution in [2.24, 2.45) is 5.92 Å². The number of aromatic nitrogens is 1. The molecular weight excluding hydrogens is 440 g/mol. The SMILES string of the molecule is O=C(Nc1ccc(-c2ccno2)cc1)C1CCN(C(=O)[C@@H]2Sc3ccccc3NC2=O)CC1. The molecule has 1 fully saturated rings. The molecule has 0 saturated carbocycles. The molecule has 2 aromatic carbocycles. The number of para-hydroxylation sites is 1. The van der Waals surface area contributed by atoms with E-state index in [1.165, 1.54) is 11.8 Å². The zero-order valence-electron chi connectivity index (χ0n) is 17.7. The molecule has 5 rings (SSSR count). The zero-order chi connectivity index (χ0) is 22.8. The number of carbonyl (C=O) groups is 3. The Morgan fingerprint density at radius 2 is 1.82 bits per heavy atom. The first kappa shape index (κ1) is 21.3. The first-order chi connectivity index (χ1) is 16.1. The molecule has 1 atom stereocenters. The van der Waals surface area contributed by atoms with E-state index < -0.39 is 5.25 Å². The van der Waals surface area contributed by atoms with Crippen molar-refractivity contribution in [1.29, 1.82) is 0 Å². The van der Waals surface area contributed by atoms with E-state index in [1.54, 1.807) is 17.2 Å². The number of nitrogens with zero attached hydrogens (tertiary/aromatic N) is 2. The number of rotatable bonds is 4. The van der Waals surface area contributed by atoms with Crippen LogP contribution in [0.1, 0.15) is 12.8 Å². The van der Waals surface area contributed by atoms with Crippen molar-refractivity contribution >= 4 is 40.9 Å². The number of anilines is 2. The molecule has 1 saturated heterocycles. The van der Waals surface area contributed by atoms with E-state index >= 15 is 0 Å². The van der Waals surface area contributed by atoms with Crippen molar-refractivity contribution in [1.82, 2.24) is 10.1 Å². The van der Waals surface area contributed by atoms with Gasteiger partial charge in [0.05, 0.1) is 11.9 Å². The Kier molecular flexibility index (Phi) is 5.87. The lowest BCUT2D eigenvalue weighted by Crippen LogP contribution is -2.48. The highest BCUT2D eigenvalue weighted by Gasteiger charge is 2.37. The van der Waals surface area contributed by atoms with E-state index in [1.807, 2.05) is 48.5 Å². The highest BCUT2D eigenvalue weighted by Crippen LogP contribution is 2.36. The fourth-order valence-corrected chi connectivity index (χ4v) is 5.14.